The van der Waals surface area contributed by atoms with Crippen LogP contribution in [-0.4, -0.2) is 17.3 Å². The number of aliphatic hydroxyl groups excluding tert-OH is 1. The van der Waals surface area contributed by atoms with Crippen LogP contribution in [0.4, 0.5) is 5.69 Å². The van der Waals surface area contributed by atoms with E-state index in [9.17, 15) is 5.11 Å². The van der Waals surface area contributed by atoms with Crippen molar-refractivity contribution in [1.29, 1.82) is 0 Å². The number of benzene rings is 3. The third kappa shape index (κ3) is 2.44. The minimum absolute atomic E-state index is 0.132. The molecular formula is C19H17NOS. The predicted molar refractivity (Wildman–Crippen MR) is 97.8 cm³/mol. The van der Waals surface area contributed by atoms with Crippen LogP contribution in [0.2, 0.25) is 0 Å². The van der Waals surface area contributed by atoms with Crippen LogP contribution < -0.4 is 4.90 Å². The van der Waals surface area contributed by atoms with Gasteiger partial charge in [0.05, 0.1) is 5.69 Å². The molecule has 110 valence electrons. The molecule has 0 heterocycles. The average molecular weight is 307 g/mol. The van der Waals surface area contributed by atoms with Crippen LogP contribution in [0.5, 0.6) is 0 Å². The third-order valence-electron chi connectivity index (χ3n) is 3.96. The molecule has 0 amide bonds. The van der Waals surface area contributed by atoms with Gasteiger partial charge in [0, 0.05) is 12.6 Å². The summed E-state index contributed by atoms with van der Waals surface area (Å²) in [4.78, 5) is 1.64. The lowest BCUT2D eigenvalue weighted by molar-refractivity contribution is 0.554. The summed E-state index contributed by atoms with van der Waals surface area (Å²) >= 11 is 4.93. The molecule has 0 radical (unpaired) electrons. The van der Waals surface area contributed by atoms with E-state index in [0.29, 0.717) is 0 Å². The molecule has 0 unspecified atom stereocenters. The largest absolute Gasteiger partial charge is 0.486 e. The highest BCUT2D eigenvalue weighted by molar-refractivity contribution is 7.80. The zero-order valence-corrected chi connectivity index (χ0v) is 13.4. The van der Waals surface area contributed by atoms with Crippen molar-refractivity contribution in [2.24, 2.45) is 0 Å². The Morgan fingerprint density at radius 1 is 0.955 bits per heavy atom. The van der Waals surface area contributed by atoms with Crippen molar-refractivity contribution in [1.82, 2.24) is 0 Å². The fourth-order valence-electron chi connectivity index (χ4n) is 2.83. The van der Waals surface area contributed by atoms with Crippen molar-refractivity contribution in [3.63, 3.8) is 0 Å². The monoisotopic (exact) mass is 307 g/mol. The van der Waals surface area contributed by atoms with Crippen LogP contribution in [0, 0.1) is 6.92 Å². The van der Waals surface area contributed by atoms with Crippen molar-refractivity contribution in [3.05, 3.63) is 66.2 Å². The zero-order valence-electron chi connectivity index (χ0n) is 12.6. The van der Waals surface area contributed by atoms with E-state index in [4.69, 9.17) is 12.2 Å². The molecule has 0 aliphatic heterocycles. The van der Waals surface area contributed by atoms with Crippen LogP contribution in [-0.2, 0) is 0 Å². The van der Waals surface area contributed by atoms with Gasteiger partial charge in [-0.2, -0.15) is 0 Å². The SMILES string of the molecule is Cc1cccc(N(C)C(O)=S)c1-c1cccc2ccccc12. The average Bonchev–Trinajstić information content (AvgIpc) is 2.53. The van der Waals surface area contributed by atoms with E-state index in [2.05, 4.69) is 43.3 Å². The van der Waals surface area contributed by atoms with Gasteiger partial charge in [-0.15, -0.1) is 0 Å². The fourth-order valence-corrected chi connectivity index (χ4v) is 2.93. The third-order valence-corrected chi connectivity index (χ3v) is 4.23. The Bertz CT molecular complexity index is 852. The van der Waals surface area contributed by atoms with Gasteiger partial charge < -0.3 is 10.0 Å². The van der Waals surface area contributed by atoms with Crippen LogP contribution >= 0.6 is 12.2 Å². The van der Waals surface area contributed by atoms with Gasteiger partial charge in [-0.05, 0) is 47.1 Å². The number of rotatable bonds is 2. The standard InChI is InChI=1S/C19H17NOS/c1-13-7-5-12-17(20(2)19(21)22)18(13)16-11-6-9-14-8-3-4-10-15(14)16/h3-12H,1-2H3,(H,21,22). The summed E-state index contributed by atoms with van der Waals surface area (Å²) < 4.78 is 0. The molecule has 2 nitrogen and oxygen atoms in total. The number of nitrogens with zero attached hydrogens (tertiary/aromatic N) is 1. The number of hydrogen-bond acceptors (Lipinski definition) is 1. The molecule has 0 aliphatic rings. The van der Waals surface area contributed by atoms with E-state index in [1.807, 2.05) is 24.3 Å². The van der Waals surface area contributed by atoms with Gasteiger partial charge in [-0.25, -0.2) is 0 Å². The highest BCUT2D eigenvalue weighted by atomic mass is 32.1. The van der Waals surface area contributed by atoms with E-state index in [0.717, 1.165) is 22.4 Å². The lowest BCUT2D eigenvalue weighted by atomic mass is 9.93. The highest BCUT2D eigenvalue weighted by Gasteiger charge is 2.15. The quantitative estimate of drug-likeness (QED) is 0.667. The highest BCUT2D eigenvalue weighted by Crippen LogP contribution is 2.37. The predicted octanol–water partition coefficient (Wildman–Crippen LogP) is 5.09. The van der Waals surface area contributed by atoms with Crippen molar-refractivity contribution >= 4 is 33.9 Å². The van der Waals surface area contributed by atoms with Gasteiger partial charge in [0.2, 0.25) is 0 Å². The normalized spacial score (nSPS) is 10.6. The Kier molecular flexibility index (Phi) is 3.82. The second-order valence-corrected chi connectivity index (χ2v) is 5.70. The first kappa shape index (κ1) is 14.5. The number of aryl methyl sites for hydroxylation is 1. The zero-order chi connectivity index (χ0) is 15.7. The Balaban J connectivity index is 2.34. The lowest BCUT2D eigenvalue weighted by Crippen LogP contribution is -2.24. The number of anilines is 1. The molecule has 0 bridgehead atoms. The van der Waals surface area contributed by atoms with Crippen molar-refractivity contribution in [3.8, 4) is 11.1 Å². The Morgan fingerprint density at radius 3 is 2.41 bits per heavy atom. The summed E-state index contributed by atoms with van der Waals surface area (Å²) in [5.41, 5.74) is 4.30. The Labute approximate surface area is 135 Å². The molecule has 0 atom stereocenters. The second-order valence-electron chi connectivity index (χ2n) is 5.34. The lowest BCUT2D eigenvalue weighted by Gasteiger charge is -2.22. The molecule has 3 rings (SSSR count). The maximum absolute atomic E-state index is 9.71. The molecule has 1 N–H and O–H groups in total. The van der Waals surface area contributed by atoms with Gasteiger partial charge in [-0.3, -0.25) is 0 Å². The van der Waals surface area contributed by atoms with Crippen molar-refractivity contribution in [2.45, 2.75) is 6.92 Å². The molecule has 3 heteroatoms. The minimum atomic E-state index is -0.132. The molecule has 3 aromatic carbocycles. The first-order valence-electron chi connectivity index (χ1n) is 7.14. The number of hydrogen-bond donors (Lipinski definition) is 1. The smallest absolute Gasteiger partial charge is 0.261 e. The molecule has 0 aromatic heterocycles. The maximum Gasteiger partial charge on any atom is 0.261 e. The minimum Gasteiger partial charge on any atom is -0.486 e. The van der Waals surface area contributed by atoms with E-state index < -0.39 is 0 Å². The second kappa shape index (κ2) is 5.78. The number of thiocarbonyl (C=S) groups is 1. The summed E-state index contributed by atoms with van der Waals surface area (Å²) in [5.74, 6) is 0. The first-order chi connectivity index (χ1) is 10.6. The summed E-state index contributed by atoms with van der Waals surface area (Å²) in [6.07, 6.45) is 0. The molecule has 22 heavy (non-hydrogen) atoms. The maximum atomic E-state index is 9.71. The van der Waals surface area contributed by atoms with Crippen LogP contribution in [0.3, 0.4) is 0 Å². The van der Waals surface area contributed by atoms with Gasteiger partial charge >= 0.3 is 0 Å². The van der Waals surface area contributed by atoms with E-state index in [-0.39, 0.29) is 5.17 Å². The topological polar surface area (TPSA) is 23.5 Å². The summed E-state index contributed by atoms with van der Waals surface area (Å²) in [6.45, 7) is 2.08. The van der Waals surface area contributed by atoms with Crippen LogP contribution in [0.1, 0.15) is 5.56 Å². The molecule has 0 saturated heterocycles. The molecule has 0 spiro atoms. The fraction of sp³-hybridized carbons (Fsp3) is 0.105. The van der Waals surface area contributed by atoms with Gasteiger partial charge in [0.15, 0.2) is 0 Å². The molecule has 0 saturated carbocycles. The Morgan fingerprint density at radius 2 is 1.64 bits per heavy atom. The van der Waals surface area contributed by atoms with Crippen LogP contribution in [0.25, 0.3) is 21.9 Å². The summed E-state index contributed by atoms with van der Waals surface area (Å²) in [7, 11) is 1.78. The van der Waals surface area contributed by atoms with E-state index >= 15 is 0 Å². The molecule has 3 aromatic rings. The summed E-state index contributed by atoms with van der Waals surface area (Å²) in [5, 5.41) is 12.0. The number of aliphatic hydroxyl groups is 1. The number of fused-ring (bicyclic) bond motifs is 1. The first-order valence-corrected chi connectivity index (χ1v) is 7.55. The van der Waals surface area contributed by atoms with Gasteiger partial charge in [0.1, 0.15) is 0 Å². The Hall–Kier alpha value is -2.39. The van der Waals surface area contributed by atoms with E-state index in [1.54, 1.807) is 11.9 Å². The van der Waals surface area contributed by atoms with Crippen molar-refractivity contribution in [2.75, 3.05) is 11.9 Å². The van der Waals surface area contributed by atoms with Gasteiger partial charge in [0.25, 0.3) is 5.17 Å². The van der Waals surface area contributed by atoms with E-state index in [1.165, 1.54) is 10.8 Å². The molecular weight excluding hydrogens is 290 g/mol. The summed E-state index contributed by atoms with van der Waals surface area (Å²) in [6, 6.07) is 20.6. The van der Waals surface area contributed by atoms with Crippen LogP contribution in [0.15, 0.2) is 60.7 Å². The molecule has 0 aliphatic carbocycles. The molecule has 0 fully saturated rings. The van der Waals surface area contributed by atoms with Crippen molar-refractivity contribution < 1.29 is 5.11 Å². The van der Waals surface area contributed by atoms with Gasteiger partial charge in [-0.1, -0.05) is 54.6 Å².